The molecule has 2 rings (SSSR count). The monoisotopic (exact) mass is 299 g/mol. The van der Waals surface area contributed by atoms with Crippen LogP contribution in [0.3, 0.4) is 0 Å². The minimum atomic E-state index is -0.228. The lowest BCUT2D eigenvalue weighted by Gasteiger charge is -2.14. The van der Waals surface area contributed by atoms with Crippen LogP contribution in [0.5, 0.6) is 0 Å². The molecule has 0 saturated carbocycles. The standard InChI is InChI=1S/C11H13N3O3S2/c1-6-5-8(13-17-6)12-9(15)3-4-14-10(16)7(2)19-11(14)18/h5,7H,3-4H2,1-2H3,(H,12,13,15)/t7-/m0/s1. The van der Waals surface area contributed by atoms with Gasteiger partial charge in [-0.3, -0.25) is 14.5 Å². The molecule has 102 valence electrons. The Hall–Kier alpha value is -1.41. The van der Waals surface area contributed by atoms with Crippen LogP contribution in [0.2, 0.25) is 0 Å². The van der Waals surface area contributed by atoms with E-state index in [9.17, 15) is 9.59 Å². The molecule has 0 aromatic carbocycles. The summed E-state index contributed by atoms with van der Waals surface area (Å²) in [6, 6.07) is 1.63. The second kappa shape index (κ2) is 5.70. The molecule has 0 bridgehead atoms. The topological polar surface area (TPSA) is 75.4 Å². The maximum Gasteiger partial charge on any atom is 0.241 e. The van der Waals surface area contributed by atoms with Crippen LogP contribution in [0.25, 0.3) is 0 Å². The molecule has 0 radical (unpaired) electrons. The van der Waals surface area contributed by atoms with Crippen molar-refractivity contribution in [3.63, 3.8) is 0 Å². The Bertz CT molecular complexity index is 529. The molecule has 1 N–H and O–H groups in total. The quantitative estimate of drug-likeness (QED) is 0.850. The van der Waals surface area contributed by atoms with Crippen molar-refractivity contribution in [2.24, 2.45) is 0 Å². The highest BCUT2D eigenvalue weighted by atomic mass is 32.2. The van der Waals surface area contributed by atoms with Gasteiger partial charge in [0.1, 0.15) is 10.1 Å². The average molecular weight is 299 g/mol. The SMILES string of the molecule is Cc1cc(NC(=O)CCN2C(=O)[C@H](C)SC2=S)no1. The second-order valence-electron chi connectivity index (χ2n) is 4.14. The lowest BCUT2D eigenvalue weighted by Crippen LogP contribution is -2.33. The number of aromatic nitrogens is 1. The summed E-state index contributed by atoms with van der Waals surface area (Å²) in [5.74, 6) is 0.727. The molecule has 1 aliphatic heterocycles. The minimum Gasteiger partial charge on any atom is -0.360 e. The van der Waals surface area contributed by atoms with Crippen molar-refractivity contribution in [3.05, 3.63) is 11.8 Å². The summed E-state index contributed by atoms with van der Waals surface area (Å²) in [7, 11) is 0. The van der Waals surface area contributed by atoms with Gasteiger partial charge in [0.25, 0.3) is 0 Å². The predicted molar refractivity (Wildman–Crippen MR) is 75.9 cm³/mol. The van der Waals surface area contributed by atoms with E-state index in [1.807, 2.05) is 0 Å². The molecule has 1 aromatic rings. The first kappa shape index (κ1) is 14.0. The number of thiocarbonyl (C=S) groups is 1. The Kier molecular flexibility index (Phi) is 4.20. The van der Waals surface area contributed by atoms with Crippen LogP contribution in [0, 0.1) is 6.92 Å². The first-order valence-corrected chi connectivity index (χ1v) is 7.01. The van der Waals surface area contributed by atoms with Crippen molar-refractivity contribution in [2.75, 3.05) is 11.9 Å². The van der Waals surface area contributed by atoms with Crippen molar-refractivity contribution in [2.45, 2.75) is 25.5 Å². The summed E-state index contributed by atoms with van der Waals surface area (Å²) in [6.07, 6.45) is 0.172. The average Bonchev–Trinajstić information content (AvgIpc) is 2.83. The van der Waals surface area contributed by atoms with Crippen molar-refractivity contribution in [1.29, 1.82) is 0 Å². The number of nitrogens with zero attached hydrogens (tertiary/aromatic N) is 2. The van der Waals surface area contributed by atoms with E-state index in [1.54, 1.807) is 19.9 Å². The van der Waals surface area contributed by atoms with Crippen LogP contribution in [0.1, 0.15) is 19.1 Å². The zero-order valence-electron chi connectivity index (χ0n) is 10.5. The van der Waals surface area contributed by atoms with Crippen LogP contribution < -0.4 is 5.32 Å². The van der Waals surface area contributed by atoms with E-state index in [-0.39, 0.29) is 30.0 Å². The molecule has 1 atom stereocenters. The number of carbonyl (C=O) groups is 2. The molecule has 2 amide bonds. The maximum absolute atomic E-state index is 11.7. The van der Waals surface area contributed by atoms with Gasteiger partial charge in [-0.15, -0.1) is 0 Å². The zero-order chi connectivity index (χ0) is 14.0. The molecule has 0 spiro atoms. The van der Waals surface area contributed by atoms with Gasteiger partial charge in [-0.25, -0.2) is 0 Å². The smallest absolute Gasteiger partial charge is 0.241 e. The van der Waals surface area contributed by atoms with E-state index in [1.165, 1.54) is 16.7 Å². The Morgan fingerprint density at radius 2 is 2.42 bits per heavy atom. The van der Waals surface area contributed by atoms with Gasteiger partial charge < -0.3 is 9.84 Å². The van der Waals surface area contributed by atoms with Crippen LogP contribution in [0.15, 0.2) is 10.6 Å². The number of aryl methyl sites for hydroxylation is 1. The lowest BCUT2D eigenvalue weighted by molar-refractivity contribution is -0.126. The second-order valence-corrected chi connectivity index (χ2v) is 6.11. The molecule has 19 heavy (non-hydrogen) atoms. The number of rotatable bonds is 4. The van der Waals surface area contributed by atoms with E-state index < -0.39 is 0 Å². The first-order valence-electron chi connectivity index (χ1n) is 5.72. The van der Waals surface area contributed by atoms with E-state index in [0.717, 1.165) is 0 Å². The normalized spacial score (nSPS) is 19.1. The fourth-order valence-corrected chi connectivity index (χ4v) is 3.07. The van der Waals surface area contributed by atoms with Crippen molar-refractivity contribution in [3.8, 4) is 0 Å². The molecule has 6 nitrogen and oxygen atoms in total. The third-order valence-corrected chi connectivity index (χ3v) is 4.06. The Morgan fingerprint density at radius 3 is 2.95 bits per heavy atom. The molecule has 1 fully saturated rings. The summed E-state index contributed by atoms with van der Waals surface area (Å²) in [4.78, 5) is 24.9. The highest BCUT2D eigenvalue weighted by molar-refractivity contribution is 8.24. The molecule has 1 saturated heterocycles. The Labute approximate surface area is 119 Å². The maximum atomic E-state index is 11.7. The molecule has 8 heteroatoms. The number of anilines is 1. The Balaban J connectivity index is 1.84. The highest BCUT2D eigenvalue weighted by Gasteiger charge is 2.33. The van der Waals surface area contributed by atoms with Gasteiger partial charge in [-0.2, -0.15) is 0 Å². The summed E-state index contributed by atoms with van der Waals surface area (Å²) in [5, 5.41) is 6.10. The number of hydrogen-bond acceptors (Lipinski definition) is 6. The number of nitrogens with one attached hydrogen (secondary N) is 1. The molecule has 0 aliphatic carbocycles. The summed E-state index contributed by atoms with van der Waals surface area (Å²) in [5.41, 5.74) is 0. The largest absolute Gasteiger partial charge is 0.360 e. The molecular formula is C11H13N3O3S2. The number of thioether (sulfide) groups is 1. The van der Waals surface area contributed by atoms with Gasteiger partial charge in [-0.1, -0.05) is 29.1 Å². The van der Waals surface area contributed by atoms with E-state index in [0.29, 0.717) is 15.9 Å². The summed E-state index contributed by atoms with van der Waals surface area (Å²) < 4.78 is 5.37. The lowest BCUT2D eigenvalue weighted by atomic mass is 10.3. The fourth-order valence-electron chi connectivity index (χ4n) is 1.62. The fraction of sp³-hybridized carbons (Fsp3) is 0.455. The third kappa shape index (κ3) is 3.32. The molecule has 2 heterocycles. The van der Waals surface area contributed by atoms with Crippen LogP contribution in [-0.2, 0) is 9.59 Å². The van der Waals surface area contributed by atoms with Gasteiger partial charge in [0, 0.05) is 19.0 Å². The predicted octanol–water partition coefficient (Wildman–Crippen LogP) is 1.56. The van der Waals surface area contributed by atoms with Gasteiger partial charge in [0.15, 0.2) is 5.82 Å². The number of amides is 2. The minimum absolute atomic E-state index is 0.0416. The van der Waals surface area contributed by atoms with E-state index in [2.05, 4.69) is 10.5 Å². The van der Waals surface area contributed by atoms with Crippen molar-refractivity contribution < 1.29 is 14.1 Å². The van der Waals surface area contributed by atoms with Gasteiger partial charge in [0.05, 0.1) is 5.25 Å². The Morgan fingerprint density at radius 1 is 1.68 bits per heavy atom. The van der Waals surface area contributed by atoms with Gasteiger partial charge in [0.2, 0.25) is 11.8 Å². The number of carbonyl (C=O) groups excluding carboxylic acids is 2. The van der Waals surface area contributed by atoms with Crippen LogP contribution in [0.4, 0.5) is 5.82 Å². The van der Waals surface area contributed by atoms with Crippen molar-refractivity contribution >= 4 is 45.9 Å². The molecule has 1 aliphatic rings. The van der Waals surface area contributed by atoms with Gasteiger partial charge >= 0.3 is 0 Å². The zero-order valence-corrected chi connectivity index (χ0v) is 12.1. The van der Waals surface area contributed by atoms with Crippen molar-refractivity contribution in [1.82, 2.24) is 10.1 Å². The first-order chi connectivity index (χ1) is 8.97. The van der Waals surface area contributed by atoms with Gasteiger partial charge in [-0.05, 0) is 13.8 Å². The summed E-state index contributed by atoms with van der Waals surface area (Å²) in [6.45, 7) is 3.83. The third-order valence-electron chi connectivity index (χ3n) is 2.57. The molecule has 1 aromatic heterocycles. The van der Waals surface area contributed by atoms with E-state index >= 15 is 0 Å². The molecule has 0 unspecified atom stereocenters. The number of hydrogen-bond donors (Lipinski definition) is 1. The van der Waals surface area contributed by atoms with Crippen LogP contribution >= 0.6 is 24.0 Å². The summed E-state index contributed by atoms with van der Waals surface area (Å²) >= 11 is 6.43. The van der Waals surface area contributed by atoms with E-state index in [4.69, 9.17) is 16.7 Å². The highest BCUT2D eigenvalue weighted by Crippen LogP contribution is 2.26. The van der Waals surface area contributed by atoms with Crippen LogP contribution in [-0.4, -0.2) is 38.0 Å². The molecular weight excluding hydrogens is 286 g/mol.